The minimum Gasteiger partial charge on any atom is -0.313 e. The lowest BCUT2D eigenvalue weighted by atomic mass is 10.0. The zero-order valence-electron chi connectivity index (χ0n) is 12.3. The molecule has 1 unspecified atom stereocenters. The van der Waals surface area contributed by atoms with E-state index in [1.54, 1.807) is 0 Å². The molecule has 0 saturated carbocycles. The molecule has 4 nitrogen and oxygen atoms in total. The van der Waals surface area contributed by atoms with Gasteiger partial charge in [-0.15, -0.1) is 0 Å². The summed E-state index contributed by atoms with van der Waals surface area (Å²) in [7, 11) is 0. The van der Waals surface area contributed by atoms with Crippen molar-refractivity contribution in [2.45, 2.75) is 38.8 Å². The molecule has 4 heteroatoms. The SMILES string of the molecule is CCN(Cc1cn2ccccc2n1)CC1CCCCN1. The smallest absolute Gasteiger partial charge is 0.137 e. The van der Waals surface area contributed by atoms with Crippen LogP contribution in [-0.2, 0) is 6.54 Å². The first kappa shape index (κ1) is 13.6. The molecule has 0 spiro atoms. The number of rotatable bonds is 5. The topological polar surface area (TPSA) is 32.6 Å². The molecular formula is C16H24N4. The quantitative estimate of drug-likeness (QED) is 0.906. The molecule has 108 valence electrons. The van der Waals surface area contributed by atoms with E-state index in [0.717, 1.165) is 31.0 Å². The highest BCUT2D eigenvalue weighted by Gasteiger charge is 2.16. The van der Waals surface area contributed by atoms with Crippen LogP contribution < -0.4 is 5.32 Å². The highest BCUT2D eigenvalue weighted by Crippen LogP contribution is 2.11. The molecule has 3 heterocycles. The van der Waals surface area contributed by atoms with Gasteiger partial charge in [-0.3, -0.25) is 4.90 Å². The molecule has 2 aromatic heterocycles. The lowest BCUT2D eigenvalue weighted by Crippen LogP contribution is -2.43. The van der Waals surface area contributed by atoms with Crippen LogP contribution in [0, 0.1) is 0 Å². The van der Waals surface area contributed by atoms with Gasteiger partial charge in [-0.1, -0.05) is 19.4 Å². The molecule has 1 aliphatic rings. The fraction of sp³-hybridized carbons (Fsp3) is 0.562. The van der Waals surface area contributed by atoms with Crippen molar-refractivity contribution in [1.82, 2.24) is 19.6 Å². The van der Waals surface area contributed by atoms with Gasteiger partial charge in [0, 0.05) is 31.5 Å². The molecule has 2 aromatic rings. The maximum Gasteiger partial charge on any atom is 0.137 e. The number of piperidine rings is 1. The maximum atomic E-state index is 4.69. The van der Waals surface area contributed by atoms with Gasteiger partial charge in [-0.25, -0.2) is 4.98 Å². The second kappa shape index (κ2) is 6.37. The first-order valence-corrected chi connectivity index (χ1v) is 7.73. The summed E-state index contributed by atoms with van der Waals surface area (Å²) in [5.74, 6) is 0. The number of fused-ring (bicyclic) bond motifs is 1. The van der Waals surface area contributed by atoms with Gasteiger partial charge in [0.2, 0.25) is 0 Å². The number of likely N-dealkylation sites (N-methyl/N-ethyl adjacent to an activating group) is 1. The van der Waals surface area contributed by atoms with Crippen molar-refractivity contribution in [1.29, 1.82) is 0 Å². The van der Waals surface area contributed by atoms with Gasteiger partial charge in [-0.05, 0) is 38.1 Å². The molecule has 0 aromatic carbocycles. The van der Waals surface area contributed by atoms with Gasteiger partial charge in [-0.2, -0.15) is 0 Å². The minimum absolute atomic E-state index is 0.653. The summed E-state index contributed by atoms with van der Waals surface area (Å²) in [5.41, 5.74) is 2.20. The van der Waals surface area contributed by atoms with Crippen molar-refractivity contribution in [3.8, 4) is 0 Å². The van der Waals surface area contributed by atoms with E-state index in [2.05, 4.69) is 40.0 Å². The number of pyridine rings is 1. The van der Waals surface area contributed by atoms with Crippen LogP contribution in [0.5, 0.6) is 0 Å². The van der Waals surface area contributed by atoms with Crippen LogP contribution in [-0.4, -0.2) is 40.0 Å². The van der Waals surface area contributed by atoms with Gasteiger partial charge >= 0.3 is 0 Å². The van der Waals surface area contributed by atoms with Crippen molar-refractivity contribution in [2.75, 3.05) is 19.6 Å². The normalized spacial score (nSPS) is 19.8. The summed E-state index contributed by atoms with van der Waals surface area (Å²) in [6, 6.07) is 6.79. The van der Waals surface area contributed by atoms with E-state index < -0.39 is 0 Å². The number of imidazole rings is 1. The Hall–Kier alpha value is -1.39. The van der Waals surface area contributed by atoms with E-state index in [1.165, 1.54) is 25.8 Å². The Bertz CT molecular complexity index is 509. The summed E-state index contributed by atoms with van der Waals surface area (Å²) < 4.78 is 2.10. The van der Waals surface area contributed by atoms with Gasteiger partial charge in [0.25, 0.3) is 0 Å². The van der Waals surface area contributed by atoms with E-state index in [-0.39, 0.29) is 0 Å². The molecule has 3 rings (SSSR count). The maximum absolute atomic E-state index is 4.69. The van der Waals surface area contributed by atoms with Gasteiger partial charge < -0.3 is 9.72 Å². The Balaban J connectivity index is 1.64. The molecule has 0 bridgehead atoms. The van der Waals surface area contributed by atoms with E-state index >= 15 is 0 Å². The second-order valence-corrected chi connectivity index (χ2v) is 5.67. The number of nitrogens with zero attached hydrogens (tertiary/aromatic N) is 3. The molecule has 1 saturated heterocycles. The van der Waals surface area contributed by atoms with Crippen LogP contribution in [0.15, 0.2) is 30.6 Å². The van der Waals surface area contributed by atoms with Crippen LogP contribution in [0.1, 0.15) is 31.9 Å². The van der Waals surface area contributed by atoms with Crippen molar-refractivity contribution < 1.29 is 0 Å². The first-order chi connectivity index (χ1) is 9.85. The van der Waals surface area contributed by atoms with Gasteiger partial charge in [0.15, 0.2) is 0 Å². The number of hydrogen-bond donors (Lipinski definition) is 1. The Morgan fingerprint density at radius 1 is 1.40 bits per heavy atom. The fourth-order valence-corrected chi connectivity index (χ4v) is 2.99. The lowest BCUT2D eigenvalue weighted by molar-refractivity contribution is 0.224. The van der Waals surface area contributed by atoms with Crippen LogP contribution >= 0.6 is 0 Å². The van der Waals surface area contributed by atoms with Crippen molar-refractivity contribution in [3.63, 3.8) is 0 Å². The van der Waals surface area contributed by atoms with E-state index in [0.29, 0.717) is 6.04 Å². The zero-order chi connectivity index (χ0) is 13.8. The van der Waals surface area contributed by atoms with Crippen LogP contribution in [0.4, 0.5) is 0 Å². The molecule has 1 atom stereocenters. The fourth-order valence-electron chi connectivity index (χ4n) is 2.99. The van der Waals surface area contributed by atoms with Crippen LogP contribution in [0.25, 0.3) is 5.65 Å². The zero-order valence-corrected chi connectivity index (χ0v) is 12.3. The standard InChI is InChI=1S/C16H24N4/c1-2-19(11-14-7-3-5-9-17-14)12-15-13-20-10-6-4-8-16(20)18-15/h4,6,8,10,13-14,17H,2-3,5,7,9,11-12H2,1H3. The minimum atomic E-state index is 0.653. The Kier molecular flexibility index (Phi) is 4.33. The predicted octanol–water partition coefficient (Wildman–Crippen LogP) is 2.30. The van der Waals surface area contributed by atoms with Crippen LogP contribution in [0.2, 0.25) is 0 Å². The Morgan fingerprint density at radius 3 is 3.10 bits per heavy atom. The molecule has 1 N–H and O–H groups in total. The van der Waals surface area contributed by atoms with E-state index in [4.69, 9.17) is 4.98 Å². The number of aromatic nitrogens is 2. The molecule has 1 fully saturated rings. The molecule has 0 aliphatic carbocycles. The summed E-state index contributed by atoms with van der Waals surface area (Å²) in [5, 5.41) is 3.63. The Labute approximate surface area is 120 Å². The lowest BCUT2D eigenvalue weighted by Gasteiger charge is -2.29. The van der Waals surface area contributed by atoms with Crippen molar-refractivity contribution >= 4 is 5.65 Å². The highest BCUT2D eigenvalue weighted by atomic mass is 15.2. The average Bonchev–Trinajstić information content (AvgIpc) is 2.90. The van der Waals surface area contributed by atoms with E-state index in [9.17, 15) is 0 Å². The summed E-state index contributed by atoms with van der Waals surface area (Å²) in [6.07, 6.45) is 8.21. The number of hydrogen-bond acceptors (Lipinski definition) is 3. The third kappa shape index (κ3) is 3.19. The van der Waals surface area contributed by atoms with E-state index in [1.807, 2.05) is 12.1 Å². The van der Waals surface area contributed by atoms with Crippen LogP contribution in [0.3, 0.4) is 0 Å². The van der Waals surface area contributed by atoms with Crippen molar-refractivity contribution in [2.24, 2.45) is 0 Å². The first-order valence-electron chi connectivity index (χ1n) is 7.73. The molecule has 20 heavy (non-hydrogen) atoms. The summed E-state index contributed by atoms with van der Waals surface area (Å²) in [6.45, 7) is 6.56. The molecular weight excluding hydrogens is 248 g/mol. The second-order valence-electron chi connectivity index (χ2n) is 5.67. The van der Waals surface area contributed by atoms with Crippen molar-refractivity contribution in [3.05, 3.63) is 36.3 Å². The third-order valence-corrected chi connectivity index (χ3v) is 4.14. The summed E-state index contributed by atoms with van der Waals surface area (Å²) >= 11 is 0. The molecule has 0 amide bonds. The highest BCUT2D eigenvalue weighted by molar-refractivity contribution is 5.39. The van der Waals surface area contributed by atoms with Gasteiger partial charge in [0.1, 0.15) is 5.65 Å². The Morgan fingerprint density at radius 2 is 2.35 bits per heavy atom. The average molecular weight is 272 g/mol. The third-order valence-electron chi connectivity index (χ3n) is 4.14. The summed E-state index contributed by atoms with van der Waals surface area (Å²) in [4.78, 5) is 7.19. The number of nitrogens with one attached hydrogen (secondary N) is 1. The molecule has 1 aliphatic heterocycles. The molecule has 0 radical (unpaired) electrons. The van der Waals surface area contributed by atoms with Gasteiger partial charge in [0.05, 0.1) is 5.69 Å². The largest absolute Gasteiger partial charge is 0.313 e. The predicted molar refractivity (Wildman–Crippen MR) is 81.8 cm³/mol. The monoisotopic (exact) mass is 272 g/mol.